The molecule has 1 aromatic heterocycles. The van der Waals surface area contributed by atoms with Gasteiger partial charge in [-0.25, -0.2) is 0 Å². The molecule has 3 heterocycles. The van der Waals surface area contributed by atoms with E-state index >= 15 is 0 Å². The molecule has 182 valence electrons. The Kier molecular flexibility index (Phi) is 5.47. The van der Waals surface area contributed by atoms with Crippen molar-refractivity contribution in [2.75, 3.05) is 11.7 Å². The topological polar surface area (TPSA) is 86.0 Å². The maximum atomic E-state index is 13.8. The Morgan fingerprint density at radius 3 is 2.54 bits per heavy atom. The Labute approximate surface area is 202 Å². The van der Waals surface area contributed by atoms with Crippen molar-refractivity contribution in [3.05, 3.63) is 87.3 Å². The summed E-state index contributed by atoms with van der Waals surface area (Å²) in [6.45, 7) is 0.346. The summed E-state index contributed by atoms with van der Waals surface area (Å²) in [7, 11) is 0. The van der Waals surface area contributed by atoms with Crippen LogP contribution in [-0.4, -0.2) is 44.6 Å². The van der Waals surface area contributed by atoms with Crippen molar-refractivity contribution in [2.45, 2.75) is 35.8 Å². The van der Waals surface area contributed by atoms with Crippen molar-refractivity contribution in [1.82, 2.24) is 9.58 Å². The number of thioether (sulfide) groups is 1. The van der Waals surface area contributed by atoms with Crippen LogP contribution in [0.1, 0.15) is 40.1 Å². The number of amides is 1. The van der Waals surface area contributed by atoms with Crippen molar-refractivity contribution in [3.63, 3.8) is 0 Å². The Bertz CT molecular complexity index is 1390. The first-order chi connectivity index (χ1) is 16.6. The maximum absolute atomic E-state index is 13.8. The predicted octanol–water partition coefficient (Wildman–Crippen LogP) is 3.96. The van der Waals surface area contributed by atoms with Gasteiger partial charge in [-0.2, -0.15) is 13.2 Å². The number of nitrogens with zero attached hydrogens (tertiary/aromatic N) is 3. The summed E-state index contributed by atoms with van der Waals surface area (Å²) in [4.78, 5) is 26.8. The van der Waals surface area contributed by atoms with Gasteiger partial charge in [0, 0.05) is 28.5 Å². The number of aromatic hydroxyl groups is 2. The average Bonchev–Trinajstić information content (AvgIpc) is 2.98. The largest absolute Gasteiger partial charge is 0.508 e. The van der Waals surface area contributed by atoms with Crippen molar-refractivity contribution in [1.29, 1.82) is 0 Å². The fourth-order valence-electron chi connectivity index (χ4n) is 4.54. The summed E-state index contributed by atoms with van der Waals surface area (Å²) in [6.07, 6.45) is -3.49. The van der Waals surface area contributed by atoms with Crippen molar-refractivity contribution in [3.8, 4) is 11.5 Å². The van der Waals surface area contributed by atoms with Crippen molar-refractivity contribution >= 4 is 17.7 Å². The standard InChI is InChI=1S/C24H20F3N3O4S/c1-13(24(25,26)27)28-12-30(29-10-9-17(32)22(33)21(29)23(28)34)20-15-6-2-3-8-18(15)35-11-14-5-4-7-16(31)19(14)20/h2-10,13,20,31,33H,11-12H2,1H3/t13-,20-/m1/s1. The van der Waals surface area contributed by atoms with Gasteiger partial charge < -0.3 is 15.1 Å². The zero-order valence-electron chi connectivity index (χ0n) is 18.4. The first-order valence-corrected chi connectivity index (χ1v) is 11.7. The lowest BCUT2D eigenvalue weighted by Gasteiger charge is -2.46. The number of carbonyl (C=O) groups excluding carboxylic acids is 1. The lowest BCUT2D eigenvalue weighted by Crippen LogP contribution is -2.60. The number of rotatable bonds is 2. The van der Waals surface area contributed by atoms with E-state index in [-0.39, 0.29) is 5.75 Å². The van der Waals surface area contributed by atoms with Crippen LogP contribution in [0.4, 0.5) is 13.2 Å². The van der Waals surface area contributed by atoms with E-state index in [9.17, 15) is 33.0 Å². The molecule has 11 heteroatoms. The average molecular weight is 504 g/mol. The molecule has 0 radical (unpaired) electrons. The third-order valence-corrected chi connectivity index (χ3v) is 7.51. The zero-order valence-corrected chi connectivity index (χ0v) is 19.2. The number of alkyl halides is 3. The molecule has 1 amide bonds. The van der Waals surface area contributed by atoms with Gasteiger partial charge in [-0.05, 0) is 30.2 Å². The van der Waals surface area contributed by atoms with Crippen molar-refractivity contribution < 1.29 is 28.2 Å². The molecule has 3 aromatic rings. The molecule has 0 saturated carbocycles. The van der Waals surface area contributed by atoms with Crippen LogP contribution in [0.2, 0.25) is 0 Å². The molecule has 0 aliphatic carbocycles. The normalized spacial score (nSPS) is 18.4. The van der Waals surface area contributed by atoms with Gasteiger partial charge in [-0.15, -0.1) is 11.8 Å². The minimum atomic E-state index is -4.74. The first-order valence-electron chi connectivity index (χ1n) is 10.7. The highest BCUT2D eigenvalue weighted by atomic mass is 32.2. The fraction of sp³-hybridized carbons (Fsp3) is 0.250. The van der Waals surface area contributed by atoms with E-state index in [0.717, 1.165) is 23.4 Å². The summed E-state index contributed by atoms with van der Waals surface area (Å²) in [5, 5.41) is 22.9. The van der Waals surface area contributed by atoms with Gasteiger partial charge in [-0.3, -0.25) is 19.3 Å². The van der Waals surface area contributed by atoms with Gasteiger partial charge in [0.25, 0.3) is 5.91 Å². The summed E-state index contributed by atoms with van der Waals surface area (Å²) in [5.74, 6) is -1.59. The third kappa shape index (κ3) is 3.70. The van der Waals surface area contributed by atoms with Gasteiger partial charge in [-0.1, -0.05) is 30.3 Å². The molecule has 2 atom stereocenters. The molecule has 0 saturated heterocycles. The molecule has 2 aromatic carbocycles. The number of aromatic nitrogens is 1. The van der Waals surface area contributed by atoms with Gasteiger partial charge in [0.1, 0.15) is 24.5 Å². The van der Waals surface area contributed by atoms with E-state index in [0.29, 0.717) is 21.8 Å². The van der Waals surface area contributed by atoms with Gasteiger partial charge in [0.2, 0.25) is 5.43 Å². The fourth-order valence-corrected chi connectivity index (χ4v) is 5.62. The summed E-state index contributed by atoms with van der Waals surface area (Å²) in [5.41, 5.74) is 0.506. The Hall–Kier alpha value is -3.60. The van der Waals surface area contributed by atoms with E-state index in [1.54, 1.807) is 12.1 Å². The quantitative estimate of drug-likeness (QED) is 0.551. The summed E-state index contributed by atoms with van der Waals surface area (Å²) in [6, 6.07) is 10.4. The van der Waals surface area contributed by atoms with Crippen LogP contribution < -0.4 is 10.4 Å². The lowest BCUT2D eigenvalue weighted by molar-refractivity contribution is -0.173. The second-order valence-corrected chi connectivity index (χ2v) is 9.39. The smallest absolute Gasteiger partial charge is 0.408 e. The van der Waals surface area contributed by atoms with Gasteiger partial charge in [0.15, 0.2) is 11.4 Å². The van der Waals surface area contributed by atoms with E-state index in [1.807, 2.05) is 24.3 Å². The molecule has 0 bridgehead atoms. The van der Waals surface area contributed by atoms with Gasteiger partial charge in [0.05, 0.1) is 0 Å². The Balaban J connectivity index is 1.80. The van der Waals surface area contributed by atoms with E-state index in [2.05, 4.69) is 0 Å². The summed E-state index contributed by atoms with van der Waals surface area (Å²) >= 11 is 1.52. The van der Waals surface area contributed by atoms with Crippen LogP contribution in [-0.2, 0) is 5.75 Å². The first kappa shape index (κ1) is 23.2. The highest BCUT2D eigenvalue weighted by Gasteiger charge is 2.47. The molecule has 2 N–H and O–H groups in total. The predicted molar refractivity (Wildman–Crippen MR) is 123 cm³/mol. The lowest BCUT2D eigenvalue weighted by atomic mass is 9.93. The highest BCUT2D eigenvalue weighted by molar-refractivity contribution is 7.98. The van der Waals surface area contributed by atoms with Crippen LogP contribution in [0.5, 0.6) is 11.5 Å². The molecule has 0 spiro atoms. The van der Waals surface area contributed by atoms with Crippen molar-refractivity contribution in [2.24, 2.45) is 0 Å². The third-order valence-electron chi connectivity index (χ3n) is 6.37. The van der Waals surface area contributed by atoms with E-state index in [4.69, 9.17) is 0 Å². The van der Waals surface area contributed by atoms with Crippen LogP contribution in [0.3, 0.4) is 0 Å². The molecule has 2 aliphatic heterocycles. The second kappa shape index (κ2) is 8.26. The Morgan fingerprint density at radius 2 is 1.80 bits per heavy atom. The van der Waals surface area contributed by atoms with Crippen LogP contribution in [0, 0.1) is 0 Å². The number of fused-ring (bicyclic) bond motifs is 3. The Morgan fingerprint density at radius 1 is 1.06 bits per heavy atom. The molecule has 0 fully saturated rings. The van der Waals surface area contributed by atoms with Crippen LogP contribution in [0.25, 0.3) is 0 Å². The number of carbonyl (C=O) groups is 1. The minimum absolute atomic E-state index is 0.0519. The number of halogens is 3. The van der Waals surface area contributed by atoms with Gasteiger partial charge >= 0.3 is 6.18 Å². The number of phenolic OH excluding ortho intramolecular Hbond substituents is 1. The number of pyridine rings is 1. The molecule has 7 nitrogen and oxygen atoms in total. The molecule has 0 unspecified atom stereocenters. The van der Waals surface area contributed by atoms with Crippen LogP contribution >= 0.6 is 11.8 Å². The minimum Gasteiger partial charge on any atom is -0.508 e. The molecular weight excluding hydrogens is 483 g/mol. The number of phenols is 1. The maximum Gasteiger partial charge on any atom is 0.408 e. The SMILES string of the molecule is C[C@@H](N1CN([C@@H]2c3ccccc3SCc3cccc(O)c32)n2ccc(=O)c(O)c2C1=O)C(F)(F)F. The van der Waals surface area contributed by atoms with Crippen LogP contribution in [0.15, 0.2) is 64.4 Å². The molecule has 5 rings (SSSR count). The van der Waals surface area contributed by atoms with E-state index in [1.165, 1.54) is 33.7 Å². The number of hydrogen-bond donors (Lipinski definition) is 2. The molecular formula is C24H20F3N3O4S. The number of benzene rings is 2. The monoisotopic (exact) mass is 503 g/mol. The zero-order chi connectivity index (χ0) is 25.1. The highest BCUT2D eigenvalue weighted by Crippen LogP contribution is 2.46. The molecule has 2 aliphatic rings. The second-order valence-electron chi connectivity index (χ2n) is 8.37. The summed E-state index contributed by atoms with van der Waals surface area (Å²) < 4.78 is 42.5. The van der Waals surface area contributed by atoms with E-state index < -0.39 is 47.7 Å². The number of hydrogen-bond acceptors (Lipinski definition) is 6. The molecule has 35 heavy (non-hydrogen) atoms.